The zero-order chi connectivity index (χ0) is 25.6. The molecule has 0 fully saturated rings. The fraction of sp³-hybridized carbons (Fsp3) is 0.214. The number of rotatable bonds is 8. The number of halogens is 3. The van der Waals surface area contributed by atoms with Crippen molar-refractivity contribution in [2.24, 2.45) is 0 Å². The zero-order valence-electron chi connectivity index (χ0n) is 19.7. The number of aromatic nitrogens is 1. The van der Waals surface area contributed by atoms with Crippen molar-refractivity contribution < 1.29 is 27.8 Å². The summed E-state index contributed by atoms with van der Waals surface area (Å²) in [4.78, 5) is 16.6. The Balaban J connectivity index is 2.03. The molecule has 7 heteroatoms. The summed E-state index contributed by atoms with van der Waals surface area (Å²) >= 11 is 0. The van der Waals surface area contributed by atoms with E-state index in [1.54, 1.807) is 25.3 Å². The van der Waals surface area contributed by atoms with Crippen molar-refractivity contribution in [1.82, 2.24) is 4.98 Å². The molecular formula is C28H26F3NO3. The molecule has 1 N–H and O–H groups in total. The van der Waals surface area contributed by atoms with Gasteiger partial charge in [-0.3, -0.25) is 4.98 Å². The average molecular weight is 482 g/mol. The summed E-state index contributed by atoms with van der Waals surface area (Å²) in [5.41, 5.74) is 2.10. The molecule has 0 atom stereocenters. The van der Waals surface area contributed by atoms with Crippen molar-refractivity contribution >= 4 is 17.1 Å². The molecule has 0 radical (unpaired) electrons. The van der Waals surface area contributed by atoms with Crippen LogP contribution in [-0.4, -0.2) is 22.7 Å². The largest absolute Gasteiger partial charge is 0.494 e. The molecule has 1 aromatic heterocycles. The van der Waals surface area contributed by atoms with Gasteiger partial charge in [0.2, 0.25) is 0 Å². The van der Waals surface area contributed by atoms with Gasteiger partial charge in [0.15, 0.2) is 0 Å². The predicted molar refractivity (Wildman–Crippen MR) is 131 cm³/mol. The van der Waals surface area contributed by atoms with Gasteiger partial charge in [-0.05, 0) is 78.9 Å². The lowest BCUT2D eigenvalue weighted by Gasteiger charge is -2.13. The third-order valence-electron chi connectivity index (χ3n) is 5.35. The van der Waals surface area contributed by atoms with E-state index in [1.807, 2.05) is 44.2 Å². The highest BCUT2D eigenvalue weighted by atomic mass is 19.4. The van der Waals surface area contributed by atoms with Crippen molar-refractivity contribution in [1.29, 1.82) is 0 Å². The van der Waals surface area contributed by atoms with Crippen LogP contribution in [0.25, 0.3) is 22.3 Å². The standard InChI is InChI=1S/C28H26F3NO3/c1-4-7-20(15-25(27(33)34)24-16-22(28(29,30)31)12-10-18(24)3)26-13-11-21(17-32-26)19-8-6-9-23(14-19)35-5-2/h6-17H,4-5H2,1-3H3,(H,33,34)/b20-7-,25-15+. The Morgan fingerprint density at radius 3 is 2.43 bits per heavy atom. The van der Waals surface area contributed by atoms with E-state index in [4.69, 9.17) is 4.74 Å². The summed E-state index contributed by atoms with van der Waals surface area (Å²) in [6.45, 7) is 5.93. The number of carboxylic acids is 1. The maximum Gasteiger partial charge on any atom is 0.416 e. The van der Waals surface area contributed by atoms with E-state index in [9.17, 15) is 23.1 Å². The first-order valence-electron chi connectivity index (χ1n) is 11.2. The highest BCUT2D eigenvalue weighted by Crippen LogP contribution is 2.33. The third kappa shape index (κ3) is 6.38. The van der Waals surface area contributed by atoms with Crippen molar-refractivity contribution in [3.63, 3.8) is 0 Å². The third-order valence-corrected chi connectivity index (χ3v) is 5.35. The lowest BCUT2D eigenvalue weighted by Crippen LogP contribution is -2.08. The van der Waals surface area contributed by atoms with Crippen LogP contribution >= 0.6 is 0 Å². The molecule has 4 nitrogen and oxygen atoms in total. The van der Waals surface area contributed by atoms with Crippen molar-refractivity contribution in [2.45, 2.75) is 33.4 Å². The van der Waals surface area contributed by atoms with Gasteiger partial charge >= 0.3 is 12.1 Å². The van der Waals surface area contributed by atoms with Gasteiger partial charge in [0.1, 0.15) is 5.75 Å². The normalized spacial score (nSPS) is 12.5. The van der Waals surface area contributed by atoms with Gasteiger partial charge in [-0.15, -0.1) is 0 Å². The van der Waals surface area contributed by atoms with Crippen LogP contribution in [-0.2, 0) is 11.0 Å². The summed E-state index contributed by atoms with van der Waals surface area (Å²) in [7, 11) is 0. The number of benzene rings is 2. The molecule has 0 aliphatic rings. The van der Waals surface area contributed by atoms with E-state index < -0.39 is 17.7 Å². The Morgan fingerprint density at radius 2 is 1.83 bits per heavy atom. The Labute approximate surface area is 202 Å². The van der Waals surface area contributed by atoms with Gasteiger partial charge in [-0.2, -0.15) is 13.2 Å². The molecule has 0 saturated heterocycles. The topological polar surface area (TPSA) is 59.4 Å². The van der Waals surface area contributed by atoms with Crippen LogP contribution in [0.1, 0.15) is 42.7 Å². The lowest BCUT2D eigenvalue weighted by atomic mass is 9.95. The summed E-state index contributed by atoms with van der Waals surface area (Å²) in [6.07, 6.45) is 0.856. The number of aliphatic carboxylic acids is 1. The van der Waals surface area contributed by atoms with Crippen LogP contribution < -0.4 is 4.74 Å². The fourth-order valence-electron chi connectivity index (χ4n) is 3.62. The first-order valence-corrected chi connectivity index (χ1v) is 11.2. The second-order valence-corrected chi connectivity index (χ2v) is 7.85. The Morgan fingerprint density at radius 1 is 1.06 bits per heavy atom. The number of aryl methyl sites for hydroxylation is 1. The quantitative estimate of drug-likeness (QED) is 0.268. The minimum Gasteiger partial charge on any atom is -0.494 e. The predicted octanol–water partition coefficient (Wildman–Crippen LogP) is 7.44. The van der Waals surface area contributed by atoms with E-state index in [1.165, 1.54) is 12.1 Å². The van der Waals surface area contributed by atoms with Crippen LogP contribution in [0.15, 0.2) is 72.9 Å². The number of allylic oxidation sites excluding steroid dienone is 3. The summed E-state index contributed by atoms with van der Waals surface area (Å²) < 4.78 is 45.3. The molecule has 0 saturated carbocycles. The van der Waals surface area contributed by atoms with E-state index in [2.05, 4.69) is 4.98 Å². The Kier molecular flexibility index (Phi) is 8.12. The van der Waals surface area contributed by atoms with Crippen LogP contribution in [0.3, 0.4) is 0 Å². The Bertz CT molecular complexity index is 1260. The van der Waals surface area contributed by atoms with Crippen molar-refractivity contribution in [3.8, 4) is 16.9 Å². The number of nitrogens with zero attached hydrogens (tertiary/aromatic N) is 1. The van der Waals surface area contributed by atoms with Crippen LogP contribution in [0.2, 0.25) is 0 Å². The molecule has 0 aliphatic carbocycles. The number of carbonyl (C=O) groups is 1. The molecule has 0 spiro atoms. The fourth-order valence-corrected chi connectivity index (χ4v) is 3.62. The zero-order valence-corrected chi connectivity index (χ0v) is 19.7. The monoisotopic (exact) mass is 481 g/mol. The minimum absolute atomic E-state index is 0.0127. The van der Waals surface area contributed by atoms with Crippen LogP contribution in [0, 0.1) is 6.92 Å². The molecule has 2 aromatic carbocycles. The molecule has 35 heavy (non-hydrogen) atoms. The summed E-state index contributed by atoms with van der Waals surface area (Å²) in [5, 5.41) is 9.86. The van der Waals surface area contributed by atoms with E-state index in [0.29, 0.717) is 29.9 Å². The smallest absolute Gasteiger partial charge is 0.416 e. The van der Waals surface area contributed by atoms with Gasteiger partial charge in [0.25, 0.3) is 0 Å². The number of hydrogen-bond acceptors (Lipinski definition) is 3. The first kappa shape index (κ1) is 25.7. The highest BCUT2D eigenvalue weighted by molar-refractivity contribution is 6.18. The number of pyridine rings is 1. The van der Waals surface area contributed by atoms with E-state index >= 15 is 0 Å². The highest BCUT2D eigenvalue weighted by Gasteiger charge is 2.31. The van der Waals surface area contributed by atoms with Gasteiger partial charge in [0.05, 0.1) is 23.4 Å². The molecule has 182 valence electrons. The van der Waals surface area contributed by atoms with E-state index in [-0.39, 0.29) is 11.1 Å². The second kappa shape index (κ2) is 11.0. The molecule has 3 aromatic rings. The summed E-state index contributed by atoms with van der Waals surface area (Å²) in [5.74, 6) is -0.579. The number of carboxylic acid groups (broad SMARTS) is 1. The molecule has 0 bridgehead atoms. The van der Waals surface area contributed by atoms with Crippen LogP contribution in [0.5, 0.6) is 5.75 Å². The molecule has 0 amide bonds. The maximum atomic E-state index is 13.3. The summed E-state index contributed by atoms with van der Waals surface area (Å²) in [6, 6.07) is 14.3. The maximum absolute atomic E-state index is 13.3. The average Bonchev–Trinajstić information content (AvgIpc) is 2.82. The molecule has 0 unspecified atom stereocenters. The second-order valence-electron chi connectivity index (χ2n) is 7.85. The molecule has 0 aliphatic heterocycles. The van der Waals surface area contributed by atoms with Gasteiger partial charge in [-0.1, -0.05) is 37.3 Å². The van der Waals surface area contributed by atoms with Gasteiger partial charge in [-0.25, -0.2) is 4.79 Å². The molecule has 1 heterocycles. The first-order chi connectivity index (χ1) is 16.6. The SMILES string of the molecule is CC/C=C(/C=C(/C(=O)O)c1cc(C(F)(F)F)ccc1C)c1ccc(-c2cccc(OCC)c2)cn1. The number of alkyl halides is 3. The minimum atomic E-state index is -4.58. The number of hydrogen-bond donors (Lipinski definition) is 1. The van der Waals surface area contributed by atoms with Crippen LogP contribution in [0.4, 0.5) is 13.2 Å². The van der Waals surface area contributed by atoms with Gasteiger partial charge in [0, 0.05) is 11.8 Å². The number of ether oxygens (including phenoxy) is 1. The Hall–Kier alpha value is -3.87. The molecule has 3 rings (SSSR count). The lowest BCUT2D eigenvalue weighted by molar-refractivity contribution is -0.137. The van der Waals surface area contributed by atoms with Gasteiger partial charge < -0.3 is 9.84 Å². The van der Waals surface area contributed by atoms with E-state index in [0.717, 1.165) is 29.0 Å². The van der Waals surface area contributed by atoms with Crippen molar-refractivity contribution in [3.05, 3.63) is 95.3 Å². The van der Waals surface area contributed by atoms with Crippen molar-refractivity contribution in [2.75, 3.05) is 6.61 Å². The molecular weight excluding hydrogens is 455 g/mol.